The average Bonchev–Trinajstić information content (AvgIpc) is 2.96. The number of nitrogens with zero attached hydrogens (tertiary/aromatic N) is 2. The van der Waals surface area contributed by atoms with Crippen LogP contribution in [0.4, 0.5) is 0 Å². The molecule has 1 N–H and O–H groups in total. The highest BCUT2D eigenvalue weighted by atomic mass is 32.1. The Morgan fingerprint density at radius 2 is 2.12 bits per heavy atom. The number of aromatic nitrogens is 2. The Kier molecular flexibility index (Phi) is 5.45. The number of aryl methyl sites for hydroxylation is 2. The Balaban J connectivity index is 1.43. The average molecular weight is 345 g/mol. The van der Waals surface area contributed by atoms with Crippen LogP contribution < -0.4 is 10.1 Å². The van der Waals surface area contributed by atoms with E-state index in [4.69, 9.17) is 4.74 Å². The standard InChI is InChI=1S/C18H23N3O2S/c1-12-17(4-3-9-19-12)23-16-7-5-14(6-8-16)21-18(22)10-15-11-24-13(2)20-15/h3-4,9,11,14,16H,5-8,10H2,1-2H3,(H,21,22). The van der Waals surface area contributed by atoms with Gasteiger partial charge in [-0.05, 0) is 51.7 Å². The molecule has 1 aliphatic carbocycles. The molecule has 1 saturated carbocycles. The molecule has 2 heterocycles. The third-order valence-electron chi connectivity index (χ3n) is 4.30. The summed E-state index contributed by atoms with van der Waals surface area (Å²) in [5.74, 6) is 0.927. The number of carbonyl (C=O) groups is 1. The maximum Gasteiger partial charge on any atom is 0.226 e. The van der Waals surface area contributed by atoms with Gasteiger partial charge in [-0.1, -0.05) is 0 Å². The monoisotopic (exact) mass is 345 g/mol. The Labute approximate surface area is 146 Å². The molecule has 0 aliphatic heterocycles. The van der Waals surface area contributed by atoms with E-state index in [1.54, 1.807) is 17.5 Å². The molecule has 1 amide bonds. The van der Waals surface area contributed by atoms with Gasteiger partial charge in [-0.2, -0.15) is 0 Å². The van der Waals surface area contributed by atoms with Gasteiger partial charge in [-0.15, -0.1) is 11.3 Å². The number of ether oxygens (including phenoxy) is 1. The lowest BCUT2D eigenvalue weighted by Gasteiger charge is -2.29. The third kappa shape index (κ3) is 4.54. The highest BCUT2D eigenvalue weighted by Gasteiger charge is 2.24. The quantitative estimate of drug-likeness (QED) is 0.904. The van der Waals surface area contributed by atoms with E-state index in [0.717, 1.165) is 47.8 Å². The summed E-state index contributed by atoms with van der Waals surface area (Å²) in [5.41, 5.74) is 1.78. The second-order valence-corrected chi connectivity index (χ2v) is 7.34. The third-order valence-corrected chi connectivity index (χ3v) is 5.12. The fourth-order valence-electron chi connectivity index (χ4n) is 3.03. The minimum absolute atomic E-state index is 0.0628. The second kappa shape index (κ2) is 7.75. The lowest BCUT2D eigenvalue weighted by atomic mass is 9.92. The number of rotatable bonds is 5. The van der Waals surface area contributed by atoms with Crippen molar-refractivity contribution in [2.24, 2.45) is 0 Å². The van der Waals surface area contributed by atoms with Crippen LogP contribution >= 0.6 is 11.3 Å². The SMILES string of the molecule is Cc1nc(CC(=O)NC2CCC(Oc3cccnc3C)CC2)cs1. The van der Waals surface area contributed by atoms with Crippen molar-refractivity contribution in [1.29, 1.82) is 0 Å². The summed E-state index contributed by atoms with van der Waals surface area (Å²) in [6, 6.07) is 4.10. The number of hydrogen-bond acceptors (Lipinski definition) is 5. The van der Waals surface area contributed by atoms with Crippen molar-refractivity contribution in [3.8, 4) is 5.75 Å². The van der Waals surface area contributed by atoms with Crippen LogP contribution in [0.5, 0.6) is 5.75 Å². The van der Waals surface area contributed by atoms with Gasteiger partial charge in [0.05, 0.1) is 28.9 Å². The topological polar surface area (TPSA) is 64.1 Å². The van der Waals surface area contributed by atoms with Crippen molar-refractivity contribution in [3.05, 3.63) is 40.1 Å². The molecule has 24 heavy (non-hydrogen) atoms. The lowest BCUT2D eigenvalue weighted by Crippen LogP contribution is -2.40. The molecule has 3 rings (SSSR count). The van der Waals surface area contributed by atoms with Crippen LogP contribution in [-0.4, -0.2) is 28.0 Å². The summed E-state index contributed by atoms with van der Waals surface area (Å²) in [6.45, 7) is 3.92. The zero-order valence-corrected chi connectivity index (χ0v) is 14.9. The molecular formula is C18H23N3O2S. The minimum Gasteiger partial charge on any atom is -0.489 e. The molecule has 2 aromatic rings. The number of pyridine rings is 1. The van der Waals surface area contributed by atoms with Gasteiger partial charge in [0.2, 0.25) is 5.91 Å². The minimum atomic E-state index is 0.0628. The van der Waals surface area contributed by atoms with Crippen LogP contribution in [-0.2, 0) is 11.2 Å². The van der Waals surface area contributed by atoms with E-state index in [1.807, 2.05) is 31.4 Å². The van der Waals surface area contributed by atoms with Gasteiger partial charge in [-0.3, -0.25) is 9.78 Å². The maximum absolute atomic E-state index is 12.1. The second-order valence-electron chi connectivity index (χ2n) is 6.28. The molecule has 0 atom stereocenters. The Morgan fingerprint density at radius 1 is 1.33 bits per heavy atom. The van der Waals surface area contributed by atoms with Crippen LogP contribution in [0.2, 0.25) is 0 Å². The van der Waals surface area contributed by atoms with E-state index in [0.29, 0.717) is 6.42 Å². The summed E-state index contributed by atoms with van der Waals surface area (Å²) in [4.78, 5) is 20.7. The number of amides is 1. The smallest absolute Gasteiger partial charge is 0.226 e. The number of nitrogens with one attached hydrogen (secondary N) is 1. The molecule has 0 spiro atoms. The fourth-order valence-corrected chi connectivity index (χ4v) is 3.64. The summed E-state index contributed by atoms with van der Waals surface area (Å²) in [6.07, 6.45) is 6.16. The summed E-state index contributed by atoms with van der Waals surface area (Å²) < 4.78 is 6.05. The van der Waals surface area contributed by atoms with Crippen molar-refractivity contribution < 1.29 is 9.53 Å². The highest BCUT2D eigenvalue weighted by molar-refractivity contribution is 7.09. The molecule has 2 aromatic heterocycles. The molecular weight excluding hydrogens is 322 g/mol. The zero-order valence-electron chi connectivity index (χ0n) is 14.1. The van der Waals surface area contributed by atoms with Gasteiger partial charge < -0.3 is 10.1 Å². The van der Waals surface area contributed by atoms with Gasteiger partial charge in [0.25, 0.3) is 0 Å². The molecule has 0 bridgehead atoms. The first-order valence-electron chi connectivity index (χ1n) is 8.39. The maximum atomic E-state index is 12.1. The molecule has 0 unspecified atom stereocenters. The molecule has 1 aliphatic rings. The fraction of sp³-hybridized carbons (Fsp3) is 0.500. The van der Waals surface area contributed by atoms with E-state index in [-0.39, 0.29) is 18.1 Å². The van der Waals surface area contributed by atoms with Gasteiger partial charge in [-0.25, -0.2) is 4.98 Å². The van der Waals surface area contributed by atoms with Crippen molar-refractivity contribution >= 4 is 17.2 Å². The summed E-state index contributed by atoms with van der Waals surface area (Å²) >= 11 is 1.58. The number of thiazole rings is 1. The van der Waals surface area contributed by atoms with Crippen molar-refractivity contribution in [2.45, 2.75) is 58.1 Å². The zero-order chi connectivity index (χ0) is 16.9. The predicted molar refractivity (Wildman–Crippen MR) is 94.3 cm³/mol. The highest BCUT2D eigenvalue weighted by Crippen LogP contribution is 2.25. The first-order chi connectivity index (χ1) is 11.6. The molecule has 1 fully saturated rings. The molecule has 0 saturated heterocycles. The van der Waals surface area contributed by atoms with E-state index in [1.165, 1.54) is 0 Å². The normalized spacial score (nSPS) is 20.6. The first kappa shape index (κ1) is 16.9. The van der Waals surface area contributed by atoms with Gasteiger partial charge in [0, 0.05) is 17.6 Å². The van der Waals surface area contributed by atoms with Gasteiger partial charge in [0.1, 0.15) is 5.75 Å². The van der Waals surface area contributed by atoms with Crippen LogP contribution in [0.15, 0.2) is 23.7 Å². The number of carbonyl (C=O) groups excluding carboxylic acids is 1. The van der Waals surface area contributed by atoms with E-state index in [2.05, 4.69) is 15.3 Å². The molecule has 5 nitrogen and oxygen atoms in total. The van der Waals surface area contributed by atoms with Crippen LogP contribution in [0.1, 0.15) is 42.1 Å². The Bertz CT molecular complexity index is 693. The van der Waals surface area contributed by atoms with Crippen LogP contribution in [0.25, 0.3) is 0 Å². The lowest BCUT2D eigenvalue weighted by molar-refractivity contribution is -0.121. The van der Waals surface area contributed by atoms with Crippen molar-refractivity contribution in [2.75, 3.05) is 0 Å². The van der Waals surface area contributed by atoms with Crippen molar-refractivity contribution in [3.63, 3.8) is 0 Å². The summed E-state index contributed by atoms with van der Waals surface area (Å²) in [5, 5.41) is 6.09. The van der Waals surface area contributed by atoms with Crippen molar-refractivity contribution in [1.82, 2.24) is 15.3 Å². The predicted octanol–water partition coefficient (Wildman–Crippen LogP) is 3.20. The summed E-state index contributed by atoms with van der Waals surface area (Å²) in [7, 11) is 0. The molecule has 6 heteroatoms. The van der Waals surface area contributed by atoms with E-state index >= 15 is 0 Å². The van der Waals surface area contributed by atoms with Gasteiger partial charge >= 0.3 is 0 Å². The largest absolute Gasteiger partial charge is 0.489 e. The van der Waals surface area contributed by atoms with Gasteiger partial charge in [0.15, 0.2) is 0 Å². The molecule has 0 radical (unpaired) electrons. The van der Waals surface area contributed by atoms with Crippen LogP contribution in [0.3, 0.4) is 0 Å². The van der Waals surface area contributed by atoms with E-state index in [9.17, 15) is 4.79 Å². The molecule has 0 aromatic carbocycles. The molecule has 128 valence electrons. The Morgan fingerprint density at radius 3 is 2.79 bits per heavy atom. The first-order valence-corrected chi connectivity index (χ1v) is 9.27. The Hall–Kier alpha value is -1.95. The van der Waals surface area contributed by atoms with E-state index < -0.39 is 0 Å². The number of hydrogen-bond donors (Lipinski definition) is 1. The van der Waals surface area contributed by atoms with Crippen LogP contribution in [0, 0.1) is 13.8 Å².